The van der Waals surface area contributed by atoms with Gasteiger partial charge in [0, 0.05) is 31.0 Å². The van der Waals surface area contributed by atoms with Crippen molar-refractivity contribution >= 4 is 11.0 Å². The topological polar surface area (TPSA) is 79.0 Å². The van der Waals surface area contributed by atoms with Gasteiger partial charge in [0.1, 0.15) is 5.82 Å². The van der Waals surface area contributed by atoms with Crippen molar-refractivity contribution in [2.45, 2.75) is 32.6 Å². The zero-order chi connectivity index (χ0) is 20.6. The van der Waals surface area contributed by atoms with E-state index < -0.39 is 0 Å². The van der Waals surface area contributed by atoms with Crippen LogP contribution in [0.5, 0.6) is 11.5 Å². The molecule has 30 heavy (non-hydrogen) atoms. The van der Waals surface area contributed by atoms with Crippen molar-refractivity contribution in [2.75, 3.05) is 33.4 Å². The quantitative estimate of drug-likeness (QED) is 0.571. The number of aromatic nitrogens is 1. The Hall–Kier alpha value is -2.64. The van der Waals surface area contributed by atoms with Crippen LogP contribution >= 0.6 is 0 Å². The summed E-state index contributed by atoms with van der Waals surface area (Å²) in [7, 11) is 1.00. The van der Waals surface area contributed by atoms with Crippen molar-refractivity contribution in [3.63, 3.8) is 0 Å². The van der Waals surface area contributed by atoms with Crippen molar-refractivity contribution in [3.8, 4) is 11.5 Å². The second-order valence-corrected chi connectivity index (χ2v) is 6.99. The van der Waals surface area contributed by atoms with Gasteiger partial charge in [0.2, 0.25) is 0 Å². The van der Waals surface area contributed by atoms with Gasteiger partial charge in [-0.25, -0.2) is 4.39 Å². The first kappa shape index (κ1) is 23.6. The molecule has 0 unspecified atom stereocenters. The fourth-order valence-corrected chi connectivity index (χ4v) is 3.70. The molecular weight excluding hydrogens is 387 g/mol. The maximum atomic E-state index is 13.3. The first-order valence-corrected chi connectivity index (χ1v) is 9.83. The minimum atomic E-state index is -0.300. The Bertz CT molecular complexity index is 907. The smallest absolute Gasteiger partial charge is 0.170 e. The Kier molecular flexibility index (Phi) is 9.08. The number of ether oxygens (including phenoxy) is 1. The van der Waals surface area contributed by atoms with Crippen LogP contribution in [0.15, 0.2) is 47.0 Å². The van der Waals surface area contributed by atoms with Crippen LogP contribution in [-0.2, 0) is 0 Å². The number of hydrogen-bond donors (Lipinski definition) is 2. The van der Waals surface area contributed by atoms with Gasteiger partial charge >= 0.3 is 0 Å². The molecule has 4 rings (SSSR count). The lowest BCUT2D eigenvalue weighted by Crippen LogP contribution is -2.34. The fraction of sp³-hybridized carbons (Fsp3) is 0.435. The van der Waals surface area contributed by atoms with Gasteiger partial charge in [-0.1, -0.05) is 24.7 Å². The minimum absolute atomic E-state index is 0. The third-order valence-corrected chi connectivity index (χ3v) is 5.18. The summed E-state index contributed by atoms with van der Waals surface area (Å²) in [4.78, 5) is 2.42. The number of hydrogen-bond acceptors (Lipinski definition) is 6. The summed E-state index contributed by atoms with van der Waals surface area (Å²) in [5, 5.41) is 21.8. The predicted octanol–water partition coefficient (Wildman–Crippen LogP) is 4.57. The summed E-state index contributed by atoms with van der Waals surface area (Å²) < 4.78 is 24.2. The lowest BCUT2D eigenvalue weighted by Gasteiger charge is -2.31. The van der Waals surface area contributed by atoms with Crippen LogP contribution in [0.4, 0.5) is 4.39 Å². The van der Waals surface area contributed by atoms with E-state index in [-0.39, 0.29) is 19.0 Å². The number of phenols is 1. The number of rotatable bonds is 6. The van der Waals surface area contributed by atoms with E-state index in [1.54, 1.807) is 24.3 Å². The van der Waals surface area contributed by atoms with E-state index >= 15 is 0 Å². The molecule has 1 aromatic heterocycles. The predicted molar refractivity (Wildman–Crippen MR) is 115 cm³/mol. The molecular formula is C23H31FN2O4. The molecule has 0 amide bonds. The average Bonchev–Trinajstić information content (AvgIpc) is 3.17. The Morgan fingerprint density at radius 2 is 1.90 bits per heavy atom. The largest absolute Gasteiger partial charge is 0.504 e. The summed E-state index contributed by atoms with van der Waals surface area (Å²) >= 11 is 0. The van der Waals surface area contributed by atoms with Crippen LogP contribution in [0.25, 0.3) is 11.0 Å². The molecule has 1 aliphatic rings. The monoisotopic (exact) mass is 418 g/mol. The standard InChI is InChI=1S/C21H23FN2O3.CH4O.CH4/c22-16-6-7-17-20(14-16)27-23-21(17)15-8-11-24(12-9-15)10-3-13-26-19-5-2-1-4-18(19)25;1-2;/h1-2,4-7,14-15,25H,3,8-13H2;2H,1H3;1H4. The van der Waals surface area contributed by atoms with Gasteiger partial charge in [0.15, 0.2) is 17.1 Å². The summed E-state index contributed by atoms with van der Waals surface area (Å²) in [5.41, 5.74) is 1.47. The Labute approximate surface area is 176 Å². The van der Waals surface area contributed by atoms with E-state index in [4.69, 9.17) is 14.4 Å². The number of para-hydroxylation sites is 2. The molecule has 1 saturated heterocycles. The van der Waals surface area contributed by atoms with E-state index in [0.717, 1.165) is 57.1 Å². The highest BCUT2D eigenvalue weighted by atomic mass is 19.1. The van der Waals surface area contributed by atoms with Gasteiger partial charge in [-0.05, 0) is 56.6 Å². The normalized spacial score (nSPS) is 14.6. The van der Waals surface area contributed by atoms with Crippen molar-refractivity contribution in [1.82, 2.24) is 10.1 Å². The van der Waals surface area contributed by atoms with Crippen molar-refractivity contribution < 1.29 is 23.9 Å². The molecule has 0 spiro atoms. The van der Waals surface area contributed by atoms with Gasteiger partial charge in [-0.15, -0.1) is 0 Å². The second kappa shape index (κ2) is 11.5. The number of aliphatic hydroxyl groups excluding tert-OH is 1. The van der Waals surface area contributed by atoms with Crippen molar-refractivity contribution in [2.24, 2.45) is 0 Å². The number of benzene rings is 2. The number of fused-ring (bicyclic) bond motifs is 1. The third-order valence-electron chi connectivity index (χ3n) is 5.18. The SMILES string of the molecule is C.CO.Oc1ccccc1OCCCN1CCC(c2noc3cc(F)ccc23)CC1. The first-order chi connectivity index (χ1) is 14.2. The summed E-state index contributed by atoms with van der Waals surface area (Å²) in [6.07, 6.45) is 2.93. The Balaban J connectivity index is 0.00000104. The van der Waals surface area contributed by atoms with Crippen molar-refractivity contribution in [1.29, 1.82) is 0 Å². The van der Waals surface area contributed by atoms with Crippen LogP contribution in [0, 0.1) is 5.82 Å². The molecule has 0 atom stereocenters. The molecule has 0 radical (unpaired) electrons. The van der Waals surface area contributed by atoms with Gasteiger partial charge in [-0.2, -0.15) is 0 Å². The van der Waals surface area contributed by atoms with Gasteiger partial charge in [0.05, 0.1) is 12.3 Å². The summed E-state index contributed by atoms with van der Waals surface area (Å²) in [5.74, 6) is 0.764. The molecule has 1 aliphatic heterocycles. The lowest BCUT2D eigenvalue weighted by molar-refractivity contribution is 0.189. The van der Waals surface area contributed by atoms with Gasteiger partial charge in [0.25, 0.3) is 0 Å². The molecule has 3 aromatic rings. The second-order valence-electron chi connectivity index (χ2n) is 6.99. The third kappa shape index (κ3) is 5.70. The molecule has 0 bridgehead atoms. The highest BCUT2D eigenvalue weighted by Gasteiger charge is 2.24. The van der Waals surface area contributed by atoms with E-state index in [2.05, 4.69) is 10.1 Å². The van der Waals surface area contributed by atoms with Crippen molar-refractivity contribution in [3.05, 3.63) is 54.0 Å². The molecule has 2 aromatic carbocycles. The number of aromatic hydroxyl groups is 1. The average molecular weight is 419 g/mol. The number of nitrogens with zero attached hydrogens (tertiary/aromatic N) is 2. The van der Waals surface area contributed by atoms with E-state index in [1.807, 2.05) is 6.07 Å². The highest BCUT2D eigenvalue weighted by molar-refractivity contribution is 5.79. The Morgan fingerprint density at radius 1 is 1.17 bits per heavy atom. The molecule has 1 fully saturated rings. The van der Waals surface area contributed by atoms with Gasteiger partial charge in [-0.3, -0.25) is 0 Å². The summed E-state index contributed by atoms with van der Waals surface area (Å²) in [6.45, 7) is 3.54. The van der Waals surface area contributed by atoms with Crippen LogP contribution in [0.1, 0.15) is 38.3 Å². The van der Waals surface area contributed by atoms with E-state index in [1.165, 1.54) is 12.1 Å². The van der Waals surface area contributed by atoms with E-state index in [0.29, 0.717) is 23.9 Å². The molecule has 2 heterocycles. The maximum Gasteiger partial charge on any atom is 0.170 e. The first-order valence-electron chi connectivity index (χ1n) is 9.83. The van der Waals surface area contributed by atoms with Crippen LogP contribution < -0.4 is 4.74 Å². The molecule has 7 heteroatoms. The molecule has 6 nitrogen and oxygen atoms in total. The number of piperidine rings is 1. The highest BCUT2D eigenvalue weighted by Crippen LogP contribution is 2.32. The zero-order valence-corrected chi connectivity index (χ0v) is 16.6. The minimum Gasteiger partial charge on any atom is -0.504 e. The van der Waals surface area contributed by atoms with Gasteiger partial charge < -0.3 is 24.4 Å². The molecule has 0 aliphatic carbocycles. The lowest BCUT2D eigenvalue weighted by atomic mass is 9.91. The van der Waals surface area contributed by atoms with Crippen LogP contribution in [0.3, 0.4) is 0 Å². The molecule has 0 saturated carbocycles. The molecule has 164 valence electrons. The fourth-order valence-electron chi connectivity index (χ4n) is 3.70. The number of halogens is 1. The van der Waals surface area contributed by atoms with Crippen LogP contribution in [0.2, 0.25) is 0 Å². The maximum absolute atomic E-state index is 13.3. The zero-order valence-electron chi connectivity index (χ0n) is 16.6. The number of phenolic OH excluding ortho intramolecular Hbond substituents is 1. The number of likely N-dealkylation sites (tertiary alicyclic amines) is 1. The number of aliphatic hydroxyl groups is 1. The molecule has 2 N–H and O–H groups in total. The van der Waals surface area contributed by atoms with E-state index in [9.17, 15) is 9.50 Å². The van der Waals surface area contributed by atoms with Crippen LogP contribution in [-0.4, -0.2) is 53.6 Å². The summed E-state index contributed by atoms with van der Waals surface area (Å²) in [6, 6.07) is 11.6. The Morgan fingerprint density at radius 3 is 2.63 bits per heavy atom.